The minimum absolute atomic E-state index is 0.152. The van der Waals surface area contributed by atoms with Gasteiger partial charge in [0.15, 0.2) is 0 Å². The first-order chi connectivity index (χ1) is 9.65. The molecule has 0 aliphatic heterocycles. The average molecular weight is 303 g/mol. The Morgan fingerprint density at radius 1 is 1.29 bits per heavy atom. The third-order valence-electron chi connectivity index (χ3n) is 4.38. The lowest BCUT2D eigenvalue weighted by Crippen LogP contribution is -2.59. The predicted molar refractivity (Wildman–Crippen MR) is 78.6 cm³/mol. The molecule has 1 aromatic rings. The molecule has 0 spiro atoms. The largest absolute Gasteiger partial charge is 0.416 e. The molecule has 3 nitrogen and oxygen atoms in total. The first-order valence-corrected chi connectivity index (χ1v) is 6.94. The normalized spacial score (nSPS) is 16.8. The Morgan fingerprint density at radius 2 is 1.90 bits per heavy atom. The van der Waals surface area contributed by atoms with Crippen LogP contribution < -0.4 is 11.3 Å². The predicted octanol–water partition coefficient (Wildman–Crippen LogP) is 2.81. The van der Waals surface area contributed by atoms with Gasteiger partial charge in [0.25, 0.3) is 0 Å². The van der Waals surface area contributed by atoms with Gasteiger partial charge in [0.2, 0.25) is 0 Å². The van der Waals surface area contributed by atoms with Crippen LogP contribution in [0.1, 0.15) is 31.4 Å². The molecule has 0 bridgehead atoms. The molecule has 1 aromatic carbocycles. The molecule has 120 valence electrons. The van der Waals surface area contributed by atoms with Crippen molar-refractivity contribution in [2.24, 2.45) is 5.84 Å². The summed E-state index contributed by atoms with van der Waals surface area (Å²) in [5, 5.41) is 0. The van der Waals surface area contributed by atoms with Gasteiger partial charge >= 0.3 is 6.18 Å². The molecule has 0 aliphatic carbocycles. The molecule has 6 heteroatoms. The van der Waals surface area contributed by atoms with E-state index in [0.717, 1.165) is 12.5 Å². The molecule has 2 unspecified atom stereocenters. The van der Waals surface area contributed by atoms with E-state index < -0.39 is 11.7 Å². The first-order valence-electron chi connectivity index (χ1n) is 6.94. The topological polar surface area (TPSA) is 41.3 Å². The van der Waals surface area contributed by atoms with E-state index in [1.807, 2.05) is 32.8 Å². The van der Waals surface area contributed by atoms with Crippen molar-refractivity contribution in [2.75, 3.05) is 14.1 Å². The number of hydrazine groups is 1. The third kappa shape index (κ3) is 4.18. The van der Waals surface area contributed by atoms with Crippen LogP contribution in [0.3, 0.4) is 0 Å². The zero-order chi connectivity index (χ0) is 16.3. The average Bonchev–Trinajstić information content (AvgIpc) is 2.43. The molecule has 0 aliphatic rings. The molecule has 0 heterocycles. The van der Waals surface area contributed by atoms with Gasteiger partial charge in [-0.25, -0.2) is 0 Å². The van der Waals surface area contributed by atoms with Crippen LogP contribution in [-0.2, 0) is 12.6 Å². The summed E-state index contributed by atoms with van der Waals surface area (Å²) in [6.45, 7) is 4.08. The number of halogens is 3. The van der Waals surface area contributed by atoms with Crippen LogP contribution in [-0.4, -0.2) is 30.6 Å². The maximum absolute atomic E-state index is 12.8. The minimum atomic E-state index is -4.32. The fourth-order valence-corrected chi connectivity index (χ4v) is 2.44. The van der Waals surface area contributed by atoms with E-state index in [1.54, 1.807) is 6.07 Å². The number of alkyl halides is 3. The van der Waals surface area contributed by atoms with Crippen LogP contribution in [0.5, 0.6) is 0 Å². The second-order valence-corrected chi connectivity index (χ2v) is 5.73. The fourth-order valence-electron chi connectivity index (χ4n) is 2.44. The van der Waals surface area contributed by atoms with Gasteiger partial charge in [0, 0.05) is 11.6 Å². The van der Waals surface area contributed by atoms with Gasteiger partial charge in [0.05, 0.1) is 5.56 Å². The Labute approximate surface area is 124 Å². The van der Waals surface area contributed by atoms with Crippen molar-refractivity contribution in [1.82, 2.24) is 10.3 Å². The van der Waals surface area contributed by atoms with Gasteiger partial charge in [-0.05, 0) is 45.5 Å². The summed E-state index contributed by atoms with van der Waals surface area (Å²) in [4.78, 5) is 2.05. The number of benzene rings is 1. The maximum atomic E-state index is 12.8. The lowest BCUT2D eigenvalue weighted by Gasteiger charge is -2.42. The number of nitrogens with two attached hydrogens (primary N) is 1. The van der Waals surface area contributed by atoms with E-state index in [0.29, 0.717) is 12.0 Å². The van der Waals surface area contributed by atoms with E-state index in [4.69, 9.17) is 5.84 Å². The van der Waals surface area contributed by atoms with Crippen LogP contribution >= 0.6 is 0 Å². The monoisotopic (exact) mass is 303 g/mol. The Bertz CT molecular complexity index is 460. The molecular formula is C15H24F3N3. The van der Waals surface area contributed by atoms with Gasteiger partial charge in [-0.2, -0.15) is 13.2 Å². The van der Waals surface area contributed by atoms with E-state index in [2.05, 4.69) is 5.43 Å². The van der Waals surface area contributed by atoms with Gasteiger partial charge in [-0.15, -0.1) is 0 Å². The van der Waals surface area contributed by atoms with Crippen molar-refractivity contribution in [3.8, 4) is 0 Å². The number of nitrogens with zero attached hydrogens (tertiary/aromatic N) is 1. The molecule has 2 atom stereocenters. The Morgan fingerprint density at radius 3 is 2.33 bits per heavy atom. The second-order valence-electron chi connectivity index (χ2n) is 5.73. The van der Waals surface area contributed by atoms with Crippen LogP contribution in [0.15, 0.2) is 24.3 Å². The number of hydrogen-bond acceptors (Lipinski definition) is 3. The van der Waals surface area contributed by atoms with Crippen molar-refractivity contribution >= 4 is 0 Å². The zero-order valence-corrected chi connectivity index (χ0v) is 13.0. The van der Waals surface area contributed by atoms with Crippen molar-refractivity contribution in [1.29, 1.82) is 0 Å². The van der Waals surface area contributed by atoms with Gasteiger partial charge in [0.1, 0.15) is 0 Å². The van der Waals surface area contributed by atoms with Crippen molar-refractivity contribution < 1.29 is 13.2 Å². The highest BCUT2D eigenvalue weighted by Crippen LogP contribution is 2.30. The van der Waals surface area contributed by atoms with E-state index in [1.165, 1.54) is 12.1 Å². The molecule has 21 heavy (non-hydrogen) atoms. The van der Waals surface area contributed by atoms with Crippen LogP contribution in [0.4, 0.5) is 13.2 Å². The van der Waals surface area contributed by atoms with E-state index in [-0.39, 0.29) is 11.6 Å². The lowest BCUT2D eigenvalue weighted by atomic mass is 9.84. The molecule has 0 fully saturated rings. The highest BCUT2D eigenvalue weighted by molar-refractivity contribution is 5.27. The molecule has 0 radical (unpaired) electrons. The van der Waals surface area contributed by atoms with Crippen molar-refractivity contribution in [3.05, 3.63) is 35.4 Å². The first kappa shape index (κ1) is 17.9. The van der Waals surface area contributed by atoms with Gasteiger partial charge < -0.3 is 4.90 Å². The highest BCUT2D eigenvalue weighted by atomic mass is 19.4. The summed E-state index contributed by atoms with van der Waals surface area (Å²) in [5.74, 6) is 5.65. The van der Waals surface area contributed by atoms with Gasteiger partial charge in [-0.3, -0.25) is 11.3 Å². The molecule has 0 saturated heterocycles. The van der Waals surface area contributed by atoms with Crippen molar-refractivity contribution in [3.63, 3.8) is 0 Å². The molecule has 1 rings (SSSR count). The lowest BCUT2D eigenvalue weighted by molar-refractivity contribution is -0.137. The molecule has 3 N–H and O–H groups in total. The fraction of sp³-hybridized carbons (Fsp3) is 0.600. The van der Waals surface area contributed by atoms with E-state index in [9.17, 15) is 13.2 Å². The van der Waals surface area contributed by atoms with Crippen molar-refractivity contribution in [2.45, 2.75) is 44.4 Å². The summed E-state index contributed by atoms with van der Waals surface area (Å²) in [6.07, 6.45) is -3.06. The minimum Gasteiger partial charge on any atom is -0.302 e. The number of hydrogen-bond donors (Lipinski definition) is 2. The smallest absolute Gasteiger partial charge is 0.302 e. The highest BCUT2D eigenvalue weighted by Gasteiger charge is 2.35. The van der Waals surface area contributed by atoms with Crippen LogP contribution in [0.2, 0.25) is 0 Å². The number of rotatable bonds is 6. The SMILES string of the molecule is CCC(C)(C(Cc1cccc(C(F)(F)F)c1)NN)N(C)C. The summed E-state index contributed by atoms with van der Waals surface area (Å²) in [6, 6.07) is 5.26. The summed E-state index contributed by atoms with van der Waals surface area (Å²) in [5.41, 5.74) is 2.51. The maximum Gasteiger partial charge on any atom is 0.416 e. The molecule has 0 aromatic heterocycles. The number of nitrogens with one attached hydrogen (secondary N) is 1. The van der Waals surface area contributed by atoms with Crippen LogP contribution in [0.25, 0.3) is 0 Å². The Kier molecular flexibility index (Phi) is 5.78. The Hall–Kier alpha value is -1.11. The zero-order valence-electron chi connectivity index (χ0n) is 13.0. The Balaban J connectivity index is 3.02. The molecule has 0 saturated carbocycles. The van der Waals surface area contributed by atoms with E-state index >= 15 is 0 Å². The summed E-state index contributed by atoms with van der Waals surface area (Å²) >= 11 is 0. The summed E-state index contributed by atoms with van der Waals surface area (Å²) < 4.78 is 38.3. The summed E-state index contributed by atoms with van der Waals surface area (Å²) in [7, 11) is 3.89. The standard InChI is InChI=1S/C15H24F3N3/c1-5-14(2,21(3)4)13(20-19)10-11-7-6-8-12(9-11)15(16,17)18/h6-9,13,20H,5,10,19H2,1-4H3. The quantitative estimate of drug-likeness (QED) is 0.627. The van der Waals surface area contributed by atoms with Crippen LogP contribution in [0, 0.1) is 0 Å². The molecular weight excluding hydrogens is 279 g/mol. The second kappa shape index (κ2) is 6.77. The third-order valence-corrected chi connectivity index (χ3v) is 4.38. The van der Waals surface area contributed by atoms with Gasteiger partial charge in [-0.1, -0.05) is 25.1 Å². The number of likely N-dealkylation sites (N-methyl/N-ethyl adjacent to an activating group) is 1. The molecule has 0 amide bonds.